The van der Waals surface area contributed by atoms with E-state index < -0.39 is 0 Å². The topological polar surface area (TPSA) is 53.4 Å². The summed E-state index contributed by atoms with van der Waals surface area (Å²) in [6.07, 6.45) is 7.19. The van der Waals surface area contributed by atoms with Crippen LogP contribution in [0.4, 0.5) is 5.69 Å². The van der Waals surface area contributed by atoms with Gasteiger partial charge in [0.1, 0.15) is 18.1 Å². The molecular weight excluding hydrogens is 368 g/mol. The molecule has 1 aromatic heterocycles. The third-order valence-corrected chi connectivity index (χ3v) is 5.42. The highest BCUT2D eigenvalue weighted by atomic mass is 32.1. The molecule has 1 aliphatic carbocycles. The van der Waals surface area contributed by atoms with E-state index in [2.05, 4.69) is 30.5 Å². The molecule has 0 radical (unpaired) electrons. The van der Waals surface area contributed by atoms with Gasteiger partial charge in [-0.05, 0) is 64.6 Å². The molecule has 0 spiro atoms. The number of anilines is 1. The first-order chi connectivity index (χ1) is 13.6. The number of fused-ring (bicyclic) bond motifs is 1. The van der Waals surface area contributed by atoms with Crippen LogP contribution in [0.25, 0.3) is 11.1 Å². The summed E-state index contributed by atoms with van der Waals surface area (Å²) in [4.78, 5) is 14.2. The normalized spacial score (nSPS) is 17.8. The van der Waals surface area contributed by atoms with Gasteiger partial charge in [0.2, 0.25) is 0 Å². The van der Waals surface area contributed by atoms with E-state index in [1.807, 2.05) is 43.5 Å². The van der Waals surface area contributed by atoms with E-state index in [1.165, 1.54) is 0 Å². The van der Waals surface area contributed by atoms with Gasteiger partial charge in [-0.2, -0.15) is 11.3 Å². The molecule has 1 atom stereocenters. The van der Waals surface area contributed by atoms with Crippen LogP contribution in [0.5, 0.6) is 0 Å². The summed E-state index contributed by atoms with van der Waals surface area (Å²) >= 11 is 1.64. The number of hydrogen-bond acceptors (Lipinski definition) is 4. The van der Waals surface area contributed by atoms with Gasteiger partial charge >= 0.3 is 0 Å². The van der Waals surface area contributed by atoms with Crippen LogP contribution in [0.15, 0.2) is 59.0 Å². The van der Waals surface area contributed by atoms with E-state index in [9.17, 15) is 4.79 Å². The molecule has 146 valence electrons. The fourth-order valence-electron chi connectivity index (χ4n) is 3.23. The number of ether oxygens (including phenoxy) is 1. The molecular formula is C23H26N2O2S. The zero-order chi connectivity index (χ0) is 20.1. The highest BCUT2D eigenvalue weighted by Gasteiger charge is 2.32. The number of allylic oxidation sites excluding steroid dienone is 3. The summed E-state index contributed by atoms with van der Waals surface area (Å²) in [7, 11) is 0. The van der Waals surface area contributed by atoms with Gasteiger partial charge < -0.3 is 9.64 Å². The van der Waals surface area contributed by atoms with Crippen molar-refractivity contribution in [2.24, 2.45) is 5.92 Å². The van der Waals surface area contributed by atoms with Crippen molar-refractivity contribution >= 4 is 28.6 Å². The molecule has 28 heavy (non-hydrogen) atoms. The Morgan fingerprint density at radius 3 is 2.75 bits per heavy atom. The molecule has 5 heteroatoms. The molecule has 1 aliphatic heterocycles. The first-order valence-electron chi connectivity index (χ1n) is 9.72. The number of nitrogens with zero attached hydrogens (tertiary/aromatic N) is 1. The summed E-state index contributed by atoms with van der Waals surface area (Å²) in [5.74, 6) is 1.15. The number of carbonyl (C=O) groups is 1. The van der Waals surface area contributed by atoms with E-state index in [0.29, 0.717) is 24.6 Å². The molecule has 4 rings (SSSR count). The van der Waals surface area contributed by atoms with Crippen molar-refractivity contribution < 1.29 is 9.53 Å². The molecule has 1 unspecified atom stereocenters. The Balaban J connectivity index is 0.00000109. The fourth-order valence-corrected chi connectivity index (χ4v) is 3.89. The van der Waals surface area contributed by atoms with Gasteiger partial charge in [0.15, 0.2) is 0 Å². The highest BCUT2D eigenvalue weighted by molar-refractivity contribution is 7.08. The zero-order valence-electron chi connectivity index (χ0n) is 16.6. The van der Waals surface area contributed by atoms with Gasteiger partial charge in [0.25, 0.3) is 5.91 Å². The Labute approximate surface area is 170 Å². The Morgan fingerprint density at radius 2 is 2.07 bits per heavy atom. The number of nitrogens with one attached hydrogen (secondary N) is 1. The number of carbonyl (C=O) groups excluding carboxylic acids is 1. The van der Waals surface area contributed by atoms with E-state index >= 15 is 0 Å². The fraction of sp³-hybridized carbons (Fsp3) is 0.304. The summed E-state index contributed by atoms with van der Waals surface area (Å²) in [5, 5.41) is 12.2. The van der Waals surface area contributed by atoms with Crippen molar-refractivity contribution in [1.82, 2.24) is 0 Å². The van der Waals surface area contributed by atoms with Crippen molar-refractivity contribution in [2.75, 3.05) is 18.1 Å². The SMILES string of the molecule is CC.CC1C=CC(OCCN2C(=O)C(=N)c3ccc(-c4ccsc4)cc32)=CC1. The zero-order valence-corrected chi connectivity index (χ0v) is 17.4. The molecule has 2 aromatic rings. The second kappa shape index (κ2) is 9.02. The Bertz CT molecular complexity index is 913. The Hall–Kier alpha value is -2.66. The summed E-state index contributed by atoms with van der Waals surface area (Å²) < 4.78 is 5.81. The molecule has 1 aromatic carbocycles. The maximum absolute atomic E-state index is 12.5. The first-order valence-corrected chi connectivity index (χ1v) is 10.7. The summed E-state index contributed by atoms with van der Waals surface area (Å²) in [6, 6.07) is 7.90. The molecule has 0 fully saturated rings. The molecule has 0 saturated carbocycles. The minimum absolute atomic E-state index is 0.0578. The van der Waals surface area contributed by atoms with Crippen LogP contribution in [0.2, 0.25) is 0 Å². The second-order valence-electron chi connectivity index (χ2n) is 6.60. The van der Waals surface area contributed by atoms with Crippen molar-refractivity contribution in [1.29, 1.82) is 5.41 Å². The number of thiophene rings is 1. The average molecular weight is 395 g/mol. The van der Waals surface area contributed by atoms with Gasteiger partial charge in [0.05, 0.1) is 12.2 Å². The van der Waals surface area contributed by atoms with Crippen LogP contribution in [0.1, 0.15) is 32.8 Å². The Kier molecular flexibility index (Phi) is 6.47. The van der Waals surface area contributed by atoms with Crippen LogP contribution in [-0.2, 0) is 9.53 Å². The maximum atomic E-state index is 12.5. The smallest absolute Gasteiger partial charge is 0.276 e. The van der Waals surface area contributed by atoms with Gasteiger partial charge in [-0.15, -0.1) is 0 Å². The van der Waals surface area contributed by atoms with Crippen LogP contribution >= 0.6 is 11.3 Å². The molecule has 0 saturated heterocycles. The molecule has 1 N–H and O–H groups in total. The van der Waals surface area contributed by atoms with Crippen LogP contribution < -0.4 is 4.90 Å². The van der Waals surface area contributed by atoms with Crippen molar-refractivity contribution in [3.05, 3.63) is 64.6 Å². The third-order valence-electron chi connectivity index (χ3n) is 4.73. The quantitative estimate of drug-likeness (QED) is 0.712. The molecule has 2 aliphatic rings. The predicted molar refractivity (Wildman–Crippen MR) is 117 cm³/mol. The summed E-state index contributed by atoms with van der Waals surface area (Å²) in [6.45, 7) is 7.01. The van der Waals surface area contributed by atoms with E-state index in [1.54, 1.807) is 16.2 Å². The first kappa shape index (κ1) is 20.1. The monoisotopic (exact) mass is 394 g/mol. The number of amides is 1. The van der Waals surface area contributed by atoms with E-state index in [0.717, 1.165) is 29.0 Å². The lowest BCUT2D eigenvalue weighted by atomic mass is 10.0. The standard InChI is InChI=1S/C21H20N2O2S.C2H6/c1-14-2-5-17(6-3-14)25-10-9-23-19-12-15(16-8-11-26-13-16)4-7-18(19)20(22)21(23)24;1-2/h2,4-8,11-14,22H,3,9-10H2,1H3;1-2H3. The molecule has 1 amide bonds. The van der Waals surface area contributed by atoms with Crippen LogP contribution in [0.3, 0.4) is 0 Å². The number of hydrogen-bond donors (Lipinski definition) is 1. The van der Waals surface area contributed by atoms with Gasteiger partial charge in [-0.3, -0.25) is 10.2 Å². The minimum atomic E-state index is -0.257. The van der Waals surface area contributed by atoms with Crippen LogP contribution in [0, 0.1) is 11.3 Å². The number of benzene rings is 1. The van der Waals surface area contributed by atoms with Crippen LogP contribution in [-0.4, -0.2) is 24.8 Å². The highest BCUT2D eigenvalue weighted by Crippen LogP contribution is 2.34. The minimum Gasteiger partial charge on any atom is -0.492 e. The van der Waals surface area contributed by atoms with E-state index in [4.69, 9.17) is 10.1 Å². The molecule has 0 bridgehead atoms. The molecule has 4 nitrogen and oxygen atoms in total. The molecule has 2 heterocycles. The van der Waals surface area contributed by atoms with E-state index in [-0.39, 0.29) is 11.6 Å². The van der Waals surface area contributed by atoms with Gasteiger partial charge in [0, 0.05) is 5.56 Å². The van der Waals surface area contributed by atoms with Crippen molar-refractivity contribution in [2.45, 2.75) is 27.2 Å². The van der Waals surface area contributed by atoms with Crippen molar-refractivity contribution in [3.8, 4) is 11.1 Å². The van der Waals surface area contributed by atoms with Crippen molar-refractivity contribution in [3.63, 3.8) is 0 Å². The lowest BCUT2D eigenvalue weighted by Gasteiger charge is -2.19. The van der Waals surface area contributed by atoms with Gasteiger partial charge in [-0.25, -0.2) is 0 Å². The largest absolute Gasteiger partial charge is 0.492 e. The summed E-state index contributed by atoms with van der Waals surface area (Å²) in [5.41, 5.74) is 3.74. The second-order valence-corrected chi connectivity index (χ2v) is 7.38. The third kappa shape index (κ3) is 4.09. The Morgan fingerprint density at radius 1 is 1.25 bits per heavy atom. The number of rotatable bonds is 5. The lowest BCUT2D eigenvalue weighted by Crippen LogP contribution is -2.32. The lowest BCUT2D eigenvalue weighted by molar-refractivity contribution is -0.112. The predicted octanol–water partition coefficient (Wildman–Crippen LogP) is 5.65. The maximum Gasteiger partial charge on any atom is 0.276 e. The average Bonchev–Trinajstić information content (AvgIpc) is 3.34. The van der Waals surface area contributed by atoms with Gasteiger partial charge in [-0.1, -0.05) is 32.9 Å².